The number of fused-ring (bicyclic) bond motifs is 3. The van der Waals surface area contributed by atoms with E-state index < -0.39 is 0 Å². The van der Waals surface area contributed by atoms with E-state index in [0.717, 1.165) is 17.1 Å². The quantitative estimate of drug-likeness (QED) is 0.310. The molecule has 0 amide bonds. The van der Waals surface area contributed by atoms with Crippen LogP contribution in [0.2, 0.25) is 0 Å². The Bertz CT molecular complexity index is 1470. The summed E-state index contributed by atoms with van der Waals surface area (Å²) in [5.41, 5.74) is 8.14. The average Bonchev–Trinajstić information content (AvgIpc) is 3.20. The minimum atomic E-state index is 1.07. The second-order valence-electron chi connectivity index (χ2n) is 7.96. The van der Waals surface area contributed by atoms with E-state index in [2.05, 4.69) is 131 Å². The maximum atomic E-state index is 3.65. The van der Waals surface area contributed by atoms with Crippen molar-refractivity contribution in [1.29, 1.82) is 0 Å². The zero-order valence-corrected chi connectivity index (χ0v) is 17.6. The monoisotopic (exact) mass is 410 g/mol. The van der Waals surface area contributed by atoms with Gasteiger partial charge in [0.15, 0.2) is 0 Å². The first kappa shape index (κ1) is 18.5. The van der Waals surface area contributed by atoms with Crippen molar-refractivity contribution in [2.45, 2.75) is 0 Å². The van der Waals surface area contributed by atoms with E-state index in [0.29, 0.717) is 0 Å². The van der Waals surface area contributed by atoms with Crippen molar-refractivity contribution in [2.75, 3.05) is 5.32 Å². The van der Waals surface area contributed by atoms with Crippen LogP contribution in [0.25, 0.3) is 38.6 Å². The van der Waals surface area contributed by atoms with Gasteiger partial charge in [0.1, 0.15) is 0 Å². The Labute approximate surface area is 187 Å². The molecule has 0 saturated heterocycles. The fourth-order valence-corrected chi connectivity index (χ4v) is 4.49. The average molecular weight is 411 g/mol. The van der Waals surface area contributed by atoms with Gasteiger partial charge in [-0.25, -0.2) is 0 Å². The summed E-state index contributed by atoms with van der Waals surface area (Å²) in [5.74, 6) is 0. The van der Waals surface area contributed by atoms with Crippen molar-refractivity contribution in [3.05, 3.63) is 127 Å². The van der Waals surface area contributed by atoms with E-state index >= 15 is 0 Å². The predicted molar refractivity (Wildman–Crippen MR) is 136 cm³/mol. The van der Waals surface area contributed by atoms with Crippen LogP contribution in [0.15, 0.2) is 127 Å². The van der Waals surface area contributed by atoms with Crippen LogP contribution in [-0.4, -0.2) is 4.57 Å². The maximum absolute atomic E-state index is 3.65. The molecule has 6 rings (SSSR count). The van der Waals surface area contributed by atoms with Crippen LogP contribution in [0.4, 0.5) is 11.4 Å². The second-order valence-corrected chi connectivity index (χ2v) is 7.96. The van der Waals surface area contributed by atoms with Gasteiger partial charge in [0.05, 0.1) is 22.4 Å². The molecule has 1 aromatic heterocycles. The zero-order chi connectivity index (χ0) is 21.3. The summed E-state index contributed by atoms with van der Waals surface area (Å²) in [6.45, 7) is 0. The van der Waals surface area contributed by atoms with E-state index in [9.17, 15) is 0 Å². The third kappa shape index (κ3) is 3.14. The topological polar surface area (TPSA) is 17.0 Å². The largest absolute Gasteiger partial charge is 0.354 e. The molecule has 0 aliphatic rings. The number of hydrogen-bond acceptors (Lipinski definition) is 1. The molecule has 2 heteroatoms. The highest BCUT2D eigenvalue weighted by Crippen LogP contribution is 2.35. The van der Waals surface area contributed by atoms with E-state index in [-0.39, 0.29) is 0 Å². The number of para-hydroxylation sites is 4. The summed E-state index contributed by atoms with van der Waals surface area (Å²) >= 11 is 0. The molecule has 6 aromatic rings. The molecule has 0 radical (unpaired) electrons. The molecule has 0 unspecified atom stereocenters. The van der Waals surface area contributed by atoms with Crippen LogP contribution in [0.5, 0.6) is 0 Å². The summed E-state index contributed by atoms with van der Waals surface area (Å²) in [7, 11) is 0. The van der Waals surface area contributed by atoms with Gasteiger partial charge in [-0.05, 0) is 47.5 Å². The Morgan fingerprint density at radius 3 is 1.66 bits per heavy atom. The van der Waals surface area contributed by atoms with Gasteiger partial charge in [0.25, 0.3) is 0 Å². The molecule has 0 saturated carbocycles. The van der Waals surface area contributed by atoms with E-state index in [4.69, 9.17) is 0 Å². The smallest absolute Gasteiger partial charge is 0.0697 e. The molecule has 0 fully saturated rings. The molecular formula is C30H22N2. The Morgan fingerprint density at radius 2 is 0.969 bits per heavy atom. The first-order chi connectivity index (χ1) is 15.9. The molecule has 0 atom stereocenters. The standard InChI is InChI=1S/C30H22N2/c1-2-10-22(11-3-1)23-18-20-24(21-19-23)31-27-14-6-9-17-30(27)32-28-15-7-4-12-25(28)26-13-5-8-16-29(26)32/h1-21,31H. The van der Waals surface area contributed by atoms with E-state index in [1.165, 1.54) is 32.9 Å². The number of nitrogens with zero attached hydrogens (tertiary/aromatic N) is 1. The van der Waals surface area contributed by atoms with Gasteiger partial charge in [0.2, 0.25) is 0 Å². The summed E-state index contributed by atoms with van der Waals surface area (Å²) in [5, 5.41) is 6.19. The van der Waals surface area contributed by atoms with Crippen LogP contribution in [0, 0.1) is 0 Å². The summed E-state index contributed by atoms with van der Waals surface area (Å²) in [6, 6.07) is 44.8. The highest BCUT2D eigenvalue weighted by molar-refractivity contribution is 6.09. The van der Waals surface area contributed by atoms with E-state index in [1.807, 2.05) is 6.07 Å². The number of hydrogen-bond donors (Lipinski definition) is 1. The lowest BCUT2D eigenvalue weighted by Crippen LogP contribution is -2.00. The molecule has 32 heavy (non-hydrogen) atoms. The normalized spacial score (nSPS) is 11.1. The Hall–Kier alpha value is -4.30. The molecule has 2 nitrogen and oxygen atoms in total. The molecule has 0 aliphatic heterocycles. The van der Waals surface area contributed by atoms with Crippen LogP contribution in [0.1, 0.15) is 0 Å². The summed E-state index contributed by atoms with van der Waals surface area (Å²) in [4.78, 5) is 0. The minimum absolute atomic E-state index is 1.07. The van der Waals surface area contributed by atoms with Crippen LogP contribution < -0.4 is 5.32 Å². The van der Waals surface area contributed by atoms with Gasteiger partial charge >= 0.3 is 0 Å². The molecule has 5 aromatic carbocycles. The molecule has 0 spiro atoms. The van der Waals surface area contributed by atoms with E-state index in [1.54, 1.807) is 0 Å². The first-order valence-corrected chi connectivity index (χ1v) is 10.9. The maximum Gasteiger partial charge on any atom is 0.0697 e. The SMILES string of the molecule is c1ccc(-c2ccc(Nc3ccccc3-n3c4ccccc4c4ccccc43)cc2)cc1. The molecule has 0 bridgehead atoms. The lowest BCUT2D eigenvalue weighted by atomic mass is 10.1. The molecule has 152 valence electrons. The van der Waals surface area contributed by atoms with Crippen molar-refractivity contribution < 1.29 is 0 Å². The van der Waals surface area contributed by atoms with Gasteiger partial charge in [-0.15, -0.1) is 0 Å². The fourth-order valence-electron chi connectivity index (χ4n) is 4.49. The number of benzene rings is 5. The highest BCUT2D eigenvalue weighted by atomic mass is 15.0. The predicted octanol–water partition coefficient (Wildman–Crippen LogP) is 8.19. The van der Waals surface area contributed by atoms with Crippen molar-refractivity contribution >= 4 is 33.2 Å². The van der Waals surface area contributed by atoms with Crippen molar-refractivity contribution in [3.8, 4) is 16.8 Å². The van der Waals surface area contributed by atoms with Crippen LogP contribution in [-0.2, 0) is 0 Å². The van der Waals surface area contributed by atoms with Gasteiger partial charge < -0.3 is 9.88 Å². The van der Waals surface area contributed by atoms with Crippen molar-refractivity contribution in [2.24, 2.45) is 0 Å². The fraction of sp³-hybridized carbons (Fsp3) is 0. The van der Waals surface area contributed by atoms with Crippen molar-refractivity contribution in [3.63, 3.8) is 0 Å². The first-order valence-electron chi connectivity index (χ1n) is 10.9. The number of aromatic nitrogens is 1. The lowest BCUT2D eigenvalue weighted by molar-refractivity contribution is 1.18. The second kappa shape index (κ2) is 7.75. The Balaban J connectivity index is 1.44. The highest BCUT2D eigenvalue weighted by Gasteiger charge is 2.14. The minimum Gasteiger partial charge on any atom is -0.354 e. The summed E-state index contributed by atoms with van der Waals surface area (Å²) in [6.07, 6.45) is 0. The van der Waals surface area contributed by atoms with Gasteiger partial charge in [-0.1, -0.05) is 91.0 Å². The zero-order valence-electron chi connectivity index (χ0n) is 17.6. The Morgan fingerprint density at radius 1 is 0.438 bits per heavy atom. The third-order valence-corrected chi connectivity index (χ3v) is 6.00. The van der Waals surface area contributed by atoms with Crippen molar-refractivity contribution in [1.82, 2.24) is 4.57 Å². The third-order valence-electron chi connectivity index (χ3n) is 6.00. The van der Waals surface area contributed by atoms with Gasteiger partial charge in [-0.2, -0.15) is 0 Å². The van der Waals surface area contributed by atoms with Crippen LogP contribution in [0.3, 0.4) is 0 Å². The summed E-state index contributed by atoms with van der Waals surface area (Å²) < 4.78 is 2.35. The molecule has 1 heterocycles. The number of anilines is 2. The molecule has 1 N–H and O–H groups in total. The number of nitrogens with one attached hydrogen (secondary N) is 1. The van der Waals surface area contributed by atoms with Gasteiger partial charge in [-0.3, -0.25) is 0 Å². The van der Waals surface area contributed by atoms with Gasteiger partial charge in [0, 0.05) is 16.5 Å². The lowest BCUT2D eigenvalue weighted by Gasteiger charge is -2.15. The number of rotatable bonds is 4. The molecular weight excluding hydrogens is 388 g/mol. The van der Waals surface area contributed by atoms with Crippen LogP contribution >= 0.6 is 0 Å². The molecule has 0 aliphatic carbocycles. The Kier molecular flexibility index (Phi) is 4.47.